The van der Waals surface area contributed by atoms with Crippen LogP contribution < -0.4 is 10.1 Å². The molecule has 0 aliphatic carbocycles. The fraction of sp³-hybridized carbons (Fsp3) is 0.565. The van der Waals surface area contributed by atoms with Gasteiger partial charge in [0.05, 0.1) is 13.2 Å². The zero-order chi connectivity index (χ0) is 22.4. The van der Waals surface area contributed by atoms with E-state index in [0.29, 0.717) is 19.4 Å². The Morgan fingerprint density at radius 3 is 2.33 bits per heavy atom. The van der Waals surface area contributed by atoms with Crippen molar-refractivity contribution in [2.75, 3.05) is 13.2 Å². The van der Waals surface area contributed by atoms with Crippen molar-refractivity contribution in [1.82, 2.24) is 5.32 Å². The number of carbonyl (C=O) groups excluding carboxylic acids is 3. The molecular weight excluding hydrogens is 384 g/mol. The van der Waals surface area contributed by atoms with Gasteiger partial charge in [-0.2, -0.15) is 5.26 Å². The van der Waals surface area contributed by atoms with Crippen molar-refractivity contribution >= 4 is 17.7 Å². The molecule has 1 aromatic rings. The second kappa shape index (κ2) is 13.4. The first kappa shape index (κ1) is 25.2. The first-order valence-electron chi connectivity index (χ1n) is 10.5. The van der Waals surface area contributed by atoms with Crippen LogP contribution in [0.4, 0.5) is 0 Å². The van der Waals surface area contributed by atoms with Crippen molar-refractivity contribution in [1.29, 1.82) is 5.26 Å². The Morgan fingerprint density at radius 1 is 1.07 bits per heavy atom. The molecule has 0 aliphatic rings. The van der Waals surface area contributed by atoms with E-state index in [4.69, 9.17) is 9.47 Å². The third-order valence-corrected chi connectivity index (χ3v) is 4.59. The van der Waals surface area contributed by atoms with Gasteiger partial charge in [-0.05, 0) is 43.9 Å². The summed E-state index contributed by atoms with van der Waals surface area (Å²) >= 11 is 0. The number of Topliss-reactive ketones (excluding diaryl/α,β-unsaturated/α-hetero) is 1. The number of hydrogen-bond acceptors (Lipinski definition) is 6. The molecule has 0 radical (unpaired) electrons. The summed E-state index contributed by atoms with van der Waals surface area (Å²) in [7, 11) is 0. The number of aryl methyl sites for hydroxylation is 1. The number of amides is 1. The van der Waals surface area contributed by atoms with Crippen molar-refractivity contribution in [3.63, 3.8) is 0 Å². The van der Waals surface area contributed by atoms with E-state index in [2.05, 4.69) is 12.2 Å². The molecule has 1 atom stereocenters. The van der Waals surface area contributed by atoms with Gasteiger partial charge in [0.1, 0.15) is 11.8 Å². The third-order valence-electron chi connectivity index (χ3n) is 4.59. The number of carbonyl (C=O) groups is 3. The van der Waals surface area contributed by atoms with E-state index in [-0.39, 0.29) is 13.0 Å². The summed E-state index contributed by atoms with van der Waals surface area (Å²) in [5, 5.41) is 11.6. The van der Waals surface area contributed by atoms with Crippen LogP contribution in [0.25, 0.3) is 0 Å². The molecule has 0 saturated carbocycles. The number of rotatable bonds is 14. The number of nitrogens with one attached hydrogen (secondary N) is 1. The van der Waals surface area contributed by atoms with Crippen LogP contribution in [0.2, 0.25) is 0 Å². The fourth-order valence-corrected chi connectivity index (χ4v) is 2.99. The first-order valence-corrected chi connectivity index (χ1v) is 10.5. The zero-order valence-corrected chi connectivity index (χ0v) is 18.2. The van der Waals surface area contributed by atoms with Gasteiger partial charge >= 0.3 is 5.97 Å². The fourth-order valence-electron chi connectivity index (χ4n) is 2.99. The number of benzene rings is 1. The summed E-state index contributed by atoms with van der Waals surface area (Å²) in [6.07, 6.45) is 5.58. The standard InChI is InChI=1S/C23H32N2O5/c1-4-6-7-8-16-30-20-14-12-19(13-15-20)10-9-11-21(27)23(17-24,25-18(3)26)22(28)29-5-2/h12-15H,4-11,16H2,1-3H3,(H,25,26). The second-order valence-electron chi connectivity index (χ2n) is 7.09. The van der Waals surface area contributed by atoms with Crippen LogP contribution in [0, 0.1) is 11.3 Å². The molecule has 0 bridgehead atoms. The SMILES string of the molecule is CCCCCCOc1ccc(CCCC(=O)C(C#N)(NC(C)=O)C(=O)OCC)cc1. The van der Waals surface area contributed by atoms with Crippen molar-refractivity contribution in [2.45, 2.75) is 71.3 Å². The van der Waals surface area contributed by atoms with E-state index in [9.17, 15) is 19.6 Å². The van der Waals surface area contributed by atoms with Gasteiger partial charge in [0.15, 0.2) is 5.78 Å². The van der Waals surface area contributed by atoms with Crippen molar-refractivity contribution in [2.24, 2.45) is 0 Å². The molecule has 1 rings (SSSR count). The lowest BCUT2D eigenvalue weighted by molar-refractivity contribution is -0.154. The van der Waals surface area contributed by atoms with Crippen molar-refractivity contribution in [3.05, 3.63) is 29.8 Å². The van der Waals surface area contributed by atoms with Crippen LogP contribution in [0.1, 0.15) is 64.9 Å². The predicted octanol–water partition coefficient (Wildman–Crippen LogP) is 3.50. The van der Waals surface area contributed by atoms with Crippen LogP contribution >= 0.6 is 0 Å². The second-order valence-corrected chi connectivity index (χ2v) is 7.09. The van der Waals surface area contributed by atoms with Gasteiger partial charge in [-0.3, -0.25) is 9.59 Å². The number of nitrogens with zero attached hydrogens (tertiary/aromatic N) is 1. The molecule has 0 aromatic heterocycles. The van der Waals surface area contributed by atoms with Crippen molar-refractivity contribution in [3.8, 4) is 11.8 Å². The number of ketones is 1. The molecule has 0 aliphatic heterocycles. The van der Waals surface area contributed by atoms with Gasteiger partial charge < -0.3 is 14.8 Å². The van der Waals surface area contributed by atoms with E-state index in [0.717, 1.165) is 31.1 Å². The summed E-state index contributed by atoms with van der Waals surface area (Å²) < 4.78 is 10.6. The summed E-state index contributed by atoms with van der Waals surface area (Å²) in [5.74, 6) is -1.56. The summed E-state index contributed by atoms with van der Waals surface area (Å²) in [6.45, 7) is 5.58. The predicted molar refractivity (Wildman–Crippen MR) is 113 cm³/mol. The average molecular weight is 417 g/mol. The van der Waals surface area contributed by atoms with E-state index < -0.39 is 23.2 Å². The number of nitriles is 1. The highest BCUT2D eigenvalue weighted by Gasteiger charge is 2.48. The molecule has 7 nitrogen and oxygen atoms in total. The molecule has 164 valence electrons. The molecule has 1 aromatic carbocycles. The highest BCUT2D eigenvalue weighted by atomic mass is 16.5. The van der Waals surface area contributed by atoms with Gasteiger partial charge in [0.25, 0.3) is 5.54 Å². The zero-order valence-electron chi connectivity index (χ0n) is 18.2. The Balaban J connectivity index is 2.59. The Labute approximate surface area is 178 Å². The number of unbranched alkanes of at least 4 members (excludes halogenated alkanes) is 3. The van der Waals surface area contributed by atoms with Crippen LogP contribution in [-0.4, -0.2) is 36.4 Å². The smallest absolute Gasteiger partial charge is 0.354 e. The molecule has 0 heterocycles. The molecule has 7 heteroatoms. The molecule has 1 N–H and O–H groups in total. The lowest BCUT2D eigenvalue weighted by atomic mass is 9.91. The minimum atomic E-state index is -2.29. The van der Waals surface area contributed by atoms with Crippen LogP contribution in [0.5, 0.6) is 5.75 Å². The first-order chi connectivity index (χ1) is 14.4. The molecular formula is C23H32N2O5. The Bertz CT molecular complexity index is 739. The van der Waals surface area contributed by atoms with Gasteiger partial charge in [-0.15, -0.1) is 0 Å². The number of ether oxygens (including phenoxy) is 2. The molecule has 0 spiro atoms. The van der Waals surface area contributed by atoms with Gasteiger partial charge in [0.2, 0.25) is 5.91 Å². The summed E-state index contributed by atoms with van der Waals surface area (Å²) in [4.78, 5) is 36.3. The molecule has 1 unspecified atom stereocenters. The minimum absolute atomic E-state index is 0.00213. The van der Waals surface area contributed by atoms with E-state index in [1.54, 1.807) is 13.0 Å². The Kier molecular flexibility index (Phi) is 11.2. The molecule has 1 amide bonds. The number of hydrogen-bond donors (Lipinski definition) is 1. The lowest BCUT2D eigenvalue weighted by Crippen LogP contribution is -2.59. The lowest BCUT2D eigenvalue weighted by Gasteiger charge is -2.23. The Hall–Kier alpha value is -2.88. The maximum atomic E-state index is 12.6. The van der Waals surface area contributed by atoms with Crippen LogP contribution in [0.15, 0.2) is 24.3 Å². The summed E-state index contributed by atoms with van der Waals surface area (Å²) in [5.41, 5.74) is -1.28. The van der Waals surface area contributed by atoms with Crippen molar-refractivity contribution < 1.29 is 23.9 Å². The van der Waals surface area contributed by atoms with E-state index in [1.165, 1.54) is 12.8 Å². The molecule has 30 heavy (non-hydrogen) atoms. The quantitative estimate of drug-likeness (QED) is 0.283. The summed E-state index contributed by atoms with van der Waals surface area (Å²) in [6, 6.07) is 9.30. The normalized spacial score (nSPS) is 12.3. The molecule has 0 saturated heterocycles. The monoisotopic (exact) mass is 416 g/mol. The van der Waals surface area contributed by atoms with Gasteiger partial charge in [0, 0.05) is 13.3 Å². The molecule has 0 fully saturated rings. The third kappa shape index (κ3) is 7.86. The Morgan fingerprint density at radius 2 is 1.77 bits per heavy atom. The topological polar surface area (TPSA) is 105 Å². The van der Waals surface area contributed by atoms with E-state index >= 15 is 0 Å². The maximum absolute atomic E-state index is 12.6. The van der Waals surface area contributed by atoms with Crippen LogP contribution in [-0.2, 0) is 25.5 Å². The maximum Gasteiger partial charge on any atom is 0.354 e. The minimum Gasteiger partial charge on any atom is -0.494 e. The van der Waals surface area contributed by atoms with Gasteiger partial charge in [-0.1, -0.05) is 38.3 Å². The average Bonchev–Trinajstić information content (AvgIpc) is 2.72. The number of esters is 1. The largest absolute Gasteiger partial charge is 0.494 e. The van der Waals surface area contributed by atoms with E-state index in [1.807, 2.05) is 24.3 Å². The van der Waals surface area contributed by atoms with Gasteiger partial charge in [-0.25, -0.2) is 4.79 Å². The highest BCUT2D eigenvalue weighted by Crippen LogP contribution is 2.17. The van der Waals surface area contributed by atoms with Crippen LogP contribution in [0.3, 0.4) is 0 Å². The highest BCUT2D eigenvalue weighted by molar-refractivity contribution is 6.13.